The number of nitrogens with one attached hydrogen (secondary N) is 2. The molecule has 1 aliphatic rings. The molecule has 134 valence electrons. The number of nitrogens with zero attached hydrogens (tertiary/aromatic N) is 2. The third-order valence-corrected chi connectivity index (χ3v) is 6.84. The molecule has 1 aromatic carbocycles. The highest BCUT2D eigenvalue weighted by atomic mass is 32.2. The molecule has 25 heavy (non-hydrogen) atoms. The first-order valence-corrected chi connectivity index (χ1v) is 10.7. The van der Waals surface area contributed by atoms with Crippen LogP contribution >= 0.6 is 11.3 Å². The number of carbonyl (C=O) groups is 1. The summed E-state index contributed by atoms with van der Waals surface area (Å²) < 4.78 is 22.8. The highest BCUT2D eigenvalue weighted by Gasteiger charge is 2.27. The predicted molar refractivity (Wildman–Crippen MR) is 97.7 cm³/mol. The minimum absolute atomic E-state index is 0.0122. The molecule has 0 radical (unpaired) electrons. The number of carbonyl (C=O) groups excluding carboxylic acids is 1. The zero-order valence-corrected chi connectivity index (χ0v) is 15.5. The summed E-state index contributed by atoms with van der Waals surface area (Å²) in [7, 11) is -2.92. The molecular formula is C16H20N4O3S2. The smallest absolute Gasteiger partial charge is 0.321 e. The Morgan fingerprint density at radius 2 is 2.12 bits per heavy atom. The molecule has 2 heterocycles. The van der Waals surface area contributed by atoms with E-state index in [1.807, 2.05) is 31.2 Å². The van der Waals surface area contributed by atoms with E-state index in [-0.39, 0.29) is 23.5 Å². The van der Waals surface area contributed by atoms with Crippen molar-refractivity contribution in [3.63, 3.8) is 0 Å². The van der Waals surface area contributed by atoms with Crippen LogP contribution in [0, 0.1) is 12.8 Å². The molecule has 1 atom stereocenters. The fourth-order valence-corrected chi connectivity index (χ4v) is 5.38. The molecule has 3 rings (SSSR count). The summed E-state index contributed by atoms with van der Waals surface area (Å²) in [5.74, 6) is 0.341. The van der Waals surface area contributed by atoms with Gasteiger partial charge in [-0.2, -0.15) is 0 Å². The molecule has 1 saturated heterocycles. The molecule has 2 aromatic rings. The number of benzene rings is 1. The largest absolute Gasteiger partial charge is 0.337 e. The molecular weight excluding hydrogens is 360 g/mol. The van der Waals surface area contributed by atoms with Gasteiger partial charge in [0.1, 0.15) is 5.01 Å². The second-order valence-corrected chi connectivity index (χ2v) is 9.50. The summed E-state index contributed by atoms with van der Waals surface area (Å²) in [5, 5.41) is 14.7. The summed E-state index contributed by atoms with van der Waals surface area (Å²) in [4.78, 5) is 11.9. The molecule has 0 spiro atoms. The lowest BCUT2D eigenvalue weighted by atomic mass is 10.1. The van der Waals surface area contributed by atoms with E-state index in [0.717, 1.165) is 5.01 Å². The Labute approximate surface area is 150 Å². The third-order valence-electron chi connectivity index (χ3n) is 4.17. The lowest BCUT2D eigenvalue weighted by Crippen LogP contribution is -2.33. The van der Waals surface area contributed by atoms with Crippen LogP contribution < -0.4 is 10.6 Å². The standard InChI is InChI=1S/C16H20N4O3S2/c1-11-4-2-3-5-13(11)8-14-19-20-16(24-14)18-15(21)17-9-12-6-7-25(22,23)10-12/h2-5,12H,6-10H2,1H3,(H2,17,18,20,21)/t12-/m1/s1. The van der Waals surface area contributed by atoms with Crippen LogP contribution in [0.15, 0.2) is 24.3 Å². The average Bonchev–Trinajstić information content (AvgIpc) is 3.13. The van der Waals surface area contributed by atoms with Gasteiger partial charge in [0.2, 0.25) is 5.13 Å². The Morgan fingerprint density at radius 1 is 1.32 bits per heavy atom. The van der Waals surface area contributed by atoms with Crippen molar-refractivity contribution < 1.29 is 13.2 Å². The zero-order chi connectivity index (χ0) is 17.9. The molecule has 0 saturated carbocycles. The van der Waals surface area contributed by atoms with Crippen LogP contribution in [0.3, 0.4) is 0 Å². The van der Waals surface area contributed by atoms with Crippen LogP contribution in [-0.2, 0) is 16.3 Å². The molecule has 2 amide bonds. The van der Waals surface area contributed by atoms with Gasteiger partial charge in [-0.15, -0.1) is 10.2 Å². The maximum atomic E-state index is 11.9. The van der Waals surface area contributed by atoms with Crippen LogP contribution in [0.1, 0.15) is 22.6 Å². The second-order valence-electron chi connectivity index (χ2n) is 6.21. The lowest BCUT2D eigenvalue weighted by molar-refractivity contribution is 0.250. The number of aryl methyl sites for hydroxylation is 1. The molecule has 7 nitrogen and oxygen atoms in total. The number of rotatable bonds is 5. The monoisotopic (exact) mass is 380 g/mol. The Morgan fingerprint density at radius 3 is 2.84 bits per heavy atom. The van der Waals surface area contributed by atoms with E-state index in [4.69, 9.17) is 0 Å². The van der Waals surface area contributed by atoms with Crippen molar-refractivity contribution in [1.82, 2.24) is 15.5 Å². The number of amides is 2. The Bertz CT molecular complexity index is 864. The van der Waals surface area contributed by atoms with Gasteiger partial charge in [0, 0.05) is 13.0 Å². The van der Waals surface area contributed by atoms with Crippen molar-refractivity contribution in [2.24, 2.45) is 5.92 Å². The average molecular weight is 380 g/mol. The Balaban J connectivity index is 1.49. The van der Waals surface area contributed by atoms with Gasteiger partial charge in [0.05, 0.1) is 11.5 Å². The highest BCUT2D eigenvalue weighted by Crippen LogP contribution is 2.20. The van der Waals surface area contributed by atoms with E-state index < -0.39 is 9.84 Å². The first kappa shape index (κ1) is 17.8. The molecule has 1 aromatic heterocycles. The zero-order valence-electron chi connectivity index (χ0n) is 13.9. The molecule has 0 aliphatic carbocycles. The molecule has 0 unspecified atom stereocenters. The molecule has 0 bridgehead atoms. The van der Waals surface area contributed by atoms with Crippen LogP contribution in [0.2, 0.25) is 0 Å². The molecule has 9 heteroatoms. The van der Waals surface area contributed by atoms with Gasteiger partial charge in [-0.25, -0.2) is 13.2 Å². The number of hydrogen-bond donors (Lipinski definition) is 2. The van der Waals surface area contributed by atoms with E-state index in [1.165, 1.54) is 22.5 Å². The lowest BCUT2D eigenvalue weighted by Gasteiger charge is -2.09. The summed E-state index contributed by atoms with van der Waals surface area (Å²) in [6.07, 6.45) is 1.27. The van der Waals surface area contributed by atoms with Crippen LogP contribution in [0.4, 0.5) is 9.93 Å². The van der Waals surface area contributed by atoms with E-state index in [1.54, 1.807) is 0 Å². The van der Waals surface area contributed by atoms with Crippen molar-refractivity contribution in [3.8, 4) is 0 Å². The SMILES string of the molecule is Cc1ccccc1Cc1nnc(NC(=O)NC[C@H]2CCS(=O)(=O)C2)s1. The molecule has 1 fully saturated rings. The van der Waals surface area contributed by atoms with Gasteiger partial charge in [-0.3, -0.25) is 5.32 Å². The first-order chi connectivity index (χ1) is 11.9. The third kappa shape index (κ3) is 4.99. The van der Waals surface area contributed by atoms with Crippen molar-refractivity contribution in [3.05, 3.63) is 40.4 Å². The number of sulfone groups is 1. The highest BCUT2D eigenvalue weighted by molar-refractivity contribution is 7.91. The first-order valence-electron chi connectivity index (χ1n) is 8.03. The quantitative estimate of drug-likeness (QED) is 0.826. The molecule has 1 aliphatic heterocycles. The van der Waals surface area contributed by atoms with Crippen molar-refractivity contribution in [1.29, 1.82) is 0 Å². The second kappa shape index (κ2) is 7.49. The fraction of sp³-hybridized carbons (Fsp3) is 0.438. The van der Waals surface area contributed by atoms with Crippen LogP contribution in [-0.4, -0.2) is 42.7 Å². The minimum Gasteiger partial charge on any atom is -0.337 e. The number of urea groups is 1. The number of hydrogen-bond acceptors (Lipinski definition) is 6. The maximum absolute atomic E-state index is 11.9. The normalized spacial score (nSPS) is 18.8. The van der Waals surface area contributed by atoms with Gasteiger partial charge in [0.25, 0.3) is 0 Å². The summed E-state index contributed by atoms with van der Waals surface area (Å²) >= 11 is 1.33. The van der Waals surface area contributed by atoms with Crippen LogP contribution in [0.5, 0.6) is 0 Å². The van der Waals surface area contributed by atoms with Gasteiger partial charge in [0.15, 0.2) is 9.84 Å². The molecule has 2 N–H and O–H groups in total. The summed E-state index contributed by atoms with van der Waals surface area (Å²) in [6, 6.07) is 7.69. The van der Waals surface area contributed by atoms with Crippen LogP contribution in [0.25, 0.3) is 0 Å². The summed E-state index contributed by atoms with van der Waals surface area (Å²) in [6.45, 7) is 2.39. The maximum Gasteiger partial charge on any atom is 0.321 e. The Kier molecular flexibility index (Phi) is 5.33. The van der Waals surface area contributed by atoms with E-state index in [0.29, 0.717) is 24.5 Å². The number of aromatic nitrogens is 2. The van der Waals surface area contributed by atoms with E-state index in [9.17, 15) is 13.2 Å². The van der Waals surface area contributed by atoms with Gasteiger partial charge in [-0.05, 0) is 30.4 Å². The summed E-state index contributed by atoms with van der Waals surface area (Å²) in [5.41, 5.74) is 2.37. The minimum atomic E-state index is -2.92. The van der Waals surface area contributed by atoms with Gasteiger partial charge >= 0.3 is 6.03 Å². The van der Waals surface area contributed by atoms with Gasteiger partial charge in [-0.1, -0.05) is 35.6 Å². The topological polar surface area (TPSA) is 101 Å². The van der Waals surface area contributed by atoms with E-state index in [2.05, 4.69) is 20.8 Å². The van der Waals surface area contributed by atoms with Crippen molar-refractivity contribution in [2.45, 2.75) is 19.8 Å². The van der Waals surface area contributed by atoms with E-state index >= 15 is 0 Å². The number of anilines is 1. The van der Waals surface area contributed by atoms with Crippen molar-refractivity contribution in [2.75, 3.05) is 23.4 Å². The predicted octanol–water partition coefficient (Wildman–Crippen LogP) is 1.99. The van der Waals surface area contributed by atoms with Crippen molar-refractivity contribution >= 4 is 32.3 Å². The van der Waals surface area contributed by atoms with Gasteiger partial charge < -0.3 is 5.32 Å². The fourth-order valence-electron chi connectivity index (χ4n) is 2.76. The Hall–Kier alpha value is -2.00.